The number of pyridine rings is 1. The number of para-hydroxylation sites is 2. The topological polar surface area (TPSA) is 93.0 Å². The first kappa shape index (κ1) is 34.2. The van der Waals surface area contributed by atoms with Crippen molar-refractivity contribution in [3.63, 3.8) is 0 Å². The van der Waals surface area contributed by atoms with Gasteiger partial charge in [0, 0.05) is 35.4 Å². The molecule has 1 saturated heterocycles. The molecule has 44 heavy (non-hydrogen) atoms. The van der Waals surface area contributed by atoms with E-state index < -0.39 is 16.6 Å². The van der Waals surface area contributed by atoms with Crippen molar-refractivity contribution < 1.29 is 23.2 Å². The van der Waals surface area contributed by atoms with Crippen LogP contribution in [0.1, 0.15) is 65.2 Å². The molecule has 1 aliphatic rings. The highest BCUT2D eigenvalue weighted by molar-refractivity contribution is 6.74. The van der Waals surface area contributed by atoms with Crippen molar-refractivity contribution in [1.82, 2.24) is 4.98 Å². The normalized spacial score (nSPS) is 19.8. The molecule has 2 aromatic carbocycles. The van der Waals surface area contributed by atoms with Gasteiger partial charge in [0.1, 0.15) is 6.10 Å². The second-order valence-corrected chi connectivity index (χ2v) is 24.5. The van der Waals surface area contributed by atoms with Crippen LogP contribution in [0.25, 0.3) is 10.9 Å². The van der Waals surface area contributed by atoms with E-state index in [1.54, 1.807) is 12.1 Å². The van der Waals surface area contributed by atoms with Gasteiger partial charge in [-0.15, -0.1) is 0 Å². The Bertz CT molecular complexity index is 1460. The largest absolute Gasteiger partial charge is 0.477 e. The molecule has 0 amide bonds. The number of rotatable bonds is 11. The first-order valence-electron chi connectivity index (χ1n) is 15.6. The summed E-state index contributed by atoms with van der Waals surface area (Å²) in [6.45, 7) is 23.3. The number of nitrogens with zero attached hydrogens (tertiary/aromatic N) is 2. The van der Waals surface area contributed by atoms with Crippen molar-refractivity contribution in [2.24, 2.45) is 0 Å². The second-order valence-electron chi connectivity index (χ2n) is 14.9. The Labute approximate surface area is 264 Å². The van der Waals surface area contributed by atoms with Gasteiger partial charge in [-0.1, -0.05) is 77.9 Å². The molecule has 240 valence electrons. The summed E-state index contributed by atoms with van der Waals surface area (Å²) in [5.41, 5.74) is 2.41. The van der Waals surface area contributed by atoms with E-state index in [4.69, 9.17) is 23.3 Å². The van der Waals surface area contributed by atoms with Crippen LogP contribution in [0, 0.1) is 10.1 Å². The fourth-order valence-corrected chi connectivity index (χ4v) is 7.24. The summed E-state index contributed by atoms with van der Waals surface area (Å²) in [4.78, 5) is 16.1. The van der Waals surface area contributed by atoms with Crippen LogP contribution in [-0.2, 0) is 20.0 Å². The van der Waals surface area contributed by atoms with E-state index in [9.17, 15) is 10.1 Å². The van der Waals surface area contributed by atoms with Crippen molar-refractivity contribution >= 4 is 33.2 Å². The van der Waals surface area contributed by atoms with Crippen molar-refractivity contribution in [3.05, 3.63) is 75.8 Å². The average Bonchev–Trinajstić information content (AvgIpc) is 3.32. The number of fused-ring (bicyclic) bond motifs is 1. The van der Waals surface area contributed by atoms with Crippen LogP contribution in [-0.4, -0.2) is 52.0 Å². The molecular formula is C34H50N2O6Si2. The van der Waals surface area contributed by atoms with E-state index >= 15 is 0 Å². The van der Waals surface area contributed by atoms with Gasteiger partial charge < -0.3 is 18.3 Å². The van der Waals surface area contributed by atoms with E-state index in [0.29, 0.717) is 30.9 Å². The number of hydrogen-bond donors (Lipinski definition) is 0. The third-order valence-electron chi connectivity index (χ3n) is 9.73. The minimum Gasteiger partial charge on any atom is -0.477 e. The number of nitro groups is 1. The molecule has 0 spiro atoms. The lowest BCUT2D eigenvalue weighted by molar-refractivity contribution is -0.385. The summed E-state index contributed by atoms with van der Waals surface area (Å²) in [5.74, 6) is 0.490. The van der Waals surface area contributed by atoms with Crippen molar-refractivity contribution in [2.75, 3.05) is 13.2 Å². The molecule has 0 aliphatic carbocycles. The van der Waals surface area contributed by atoms with Gasteiger partial charge in [-0.3, -0.25) is 10.1 Å². The summed E-state index contributed by atoms with van der Waals surface area (Å²) in [6.07, 6.45) is 0.400. The Morgan fingerprint density at radius 3 is 2.25 bits per heavy atom. The van der Waals surface area contributed by atoms with Gasteiger partial charge in [-0.2, -0.15) is 0 Å². The van der Waals surface area contributed by atoms with Crippen molar-refractivity contribution in [3.8, 4) is 5.88 Å². The van der Waals surface area contributed by atoms with E-state index in [-0.39, 0.29) is 45.6 Å². The zero-order valence-corrected chi connectivity index (χ0v) is 30.1. The lowest BCUT2D eigenvalue weighted by atomic mass is 10.0. The molecule has 4 rings (SSSR count). The first-order valence-corrected chi connectivity index (χ1v) is 21.4. The van der Waals surface area contributed by atoms with Crippen LogP contribution in [0.4, 0.5) is 5.69 Å². The van der Waals surface area contributed by atoms with Crippen LogP contribution in [0.2, 0.25) is 36.3 Å². The third-order valence-corrected chi connectivity index (χ3v) is 18.7. The van der Waals surface area contributed by atoms with Gasteiger partial charge in [-0.05, 0) is 48.4 Å². The minimum atomic E-state index is -2.11. The molecule has 1 aromatic heterocycles. The SMILES string of the molecule is CC(C)(C)[Si](C)(C)OC[C@H]1O[C@@H](c2cc3ccccc3nc2OCCc2ccccc2[N+](=O)[O-])C[C@@H]1O[Si](C)(C)C(C)(C)C. The Morgan fingerprint density at radius 1 is 0.955 bits per heavy atom. The summed E-state index contributed by atoms with van der Waals surface area (Å²) in [7, 11) is -4.13. The third kappa shape index (κ3) is 7.77. The van der Waals surface area contributed by atoms with Gasteiger partial charge >= 0.3 is 0 Å². The van der Waals surface area contributed by atoms with Gasteiger partial charge in [0.25, 0.3) is 5.69 Å². The monoisotopic (exact) mass is 638 g/mol. The van der Waals surface area contributed by atoms with Crippen molar-refractivity contribution in [2.45, 2.75) is 109 Å². The van der Waals surface area contributed by atoms with E-state index in [1.807, 2.05) is 30.3 Å². The maximum Gasteiger partial charge on any atom is 0.272 e. The fourth-order valence-electron chi connectivity index (χ4n) is 4.87. The zero-order chi connectivity index (χ0) is 32.5. The molecule has 1 aliphatic heterocycles. The van der Waals surface area contributed by atoms with Crippen molar-refractivity contribution in [1.29, 1.82) is 0 Å². The summed E-state index contributed by atoms with van der Waals surface area (Å²) < 4.78 is 26.8. The number of nitro benzene ring substituents is 1. The molecule has 8 nitrogen and oxygen atoms in total. The van der Waals surface area contributed by atoms with Crippen LogP contribution >= 0.6 is 0 Å². The van der Waals surface area contributed by atoms with Gasteiger partial charge in [-0.25, -0.2) is 4.98 Å². The highest BCUT2D eigenvalue weighted by atomic mass is 28.4. The predicted molar refractivity (Wildman–Crippen MR) is 181 cm³/mol. The summed E-state index contributed by atoms with van der Waals surface area (Å²) >= 11 is 0. The quantitative estimate of drug-likeness (QED) is 0.118. The molecule has 3 aromatic rings. The lowest BCUT2D eigenvalue weighted by Crippen LogP contribution is -2.48. The minimum absolute atomic E-state index is 0.0503. The number of hydrogen-bond acceptors (Lipinski definition) is 7. The van der Waals surface area contributed by atoms with Crippen LogP contribution in [0.15, 0.2) is 54.6 Å². The highest BCUT2D eigenvalue weighted by Gasteiger charge is 2.47. The number of benzene rings is 2. The Balaban J connectivity index is 1.64. The van der Waals surface area contributed by atoms with Gasteiger partial charge in [0.2, 0.25) is 5.88 Å². The predicted octanol–water partition coefficient (Wildman–Crippen LogP) is 9.01. The Morgan fingerprint density at radius 2 is 1.59 bits per heavy atom. The molecular weight excluding hydrogens is 589 g/mol. The molecule has 1 fully saturated rings. The van der Waals surface area contributed by atoms with Crippen LogP contribution < -0.4 is 4.74 Å². The average molecular weight is 639 g/mol. The Kier molecular flexibility index (Phi) is 10.1. The second kappa shape index (κ2) is 13.0. The maximum atomic E-state index is 11.5. The van der Waals surface area contributed by atoms with Crippen LogP contribution in [0.5, 0.6) is 5.88 Å². The zero-order valence-electron chi connectivity index (χ0n) is 28.1. The maximum absolute atomic E-state index is 11.5. The first-order chi connectivity index (χ1) is 20.4. The highest BCUT2D eigenvalue weighted by Crippen LogP contribution is 2.45. The Hall–Kier alpha value is -2.64. The molecule has 0 saturated carbocycles. The van der Waals surface area contributed by atoms with Gasteiger partial charge in [0.15, 0.2) is 16.6 Å². The van der Waals surface area contributed by atoms with Gasteiger partial charge in [0.05, 0.1) is 35.9 Å². The number of aromatic nitrogens is 1. The molecule has 0 N–H and O–H groups in total. The molecule has 0 bridgehead atoms. The van der Waals surface area contributed by atoms with E-state index in [0.717, 1.165) is 16.5 Å². The molecule has 0 radical (unpaired) electrons. The molecule has 10 heteroatoms. The molecule has 3 atom stereocenters. The van der Waals surface area contributed by atoms with Crippen LogP contribution in [0.3, 0.4) is 0 Å². The van der Waals surface area contributed by atoms with E-state index in [1.165, 1.54) is 6.07 Å². The molecule has 2 heterocycles. The smallest absolute Gasteiger partial charge is 0.272 e. The number of ether oxygens (including phenoxy) is 2. The summed E-state index contributed by atoms with van der Waals surface area (Å²) in [5, 5.41) is 12.7. The summed E-state index contributed by atoms with van der Waals surface area (Å²) in [6, 6.07) is 16.8. The molecule has 0 unspecified atom stereocenters. The lowest BCUT2D eigenvalue weighted by Gasteiger charge is -2.40. The fraction of sp³-hybridized carbons (Fsp3) is 0.559. The van der Waals surface area contributed by atoms with E-state index in [2.05, 4.69) is 73.8 Å². The standard InChI is InChI=1S/C34H50N2O6Si2/c1-33(2,3)43(7,8)40-23-31-30(42-44(9,10)34(4,5)6)22-29(41-31)26-21-25-16-11-13-17-27(25)35-32(26)39-20-19-24-15-12-14-18-28(24)36(37)38/h11-18,21,29-31H,19-20,22-23H2,1-10H3/t29-,30+,31-/m1/s1.